The molecule has 0 aliphatic carbocycles. The number of aryl methyl sites for hydroxylation is 1. The highest BCUT2D eigenvalue weighted by molar-refractivity contribution is 7.99. The zero-order valence-electron chi connectivity index (χ0n) is 18.5. The number of rotatable bonds is 9. The molecule has 5 N–H and O–H groups in total. The Morgan fingerprint density at radius 1 is 1.09 bits per heavy atom. The summed E-state index contributed by atoms with van der Waals surface area (Å²) in [5.41, 5.74) is 25.1. The lowest BCUT2D eigenvalue weighted by Crippen LogP contribution is -2.38. The highest BCUT2D eigenvalue weighted by atomic mass is 32.2. The third-order valence-corrected chi connectivity index (χ3v) is 6.80. The normalized spacial score (nSPS) is 11.9. The van der Waals surface area contributed by atoms with Crippen molar-refractivity contribution in [3.8, 4) is 11.3 Å². The predicted molar refractivity (Wildman–Crippen MR) is 138 cm³/mol. The molecule has 0 radical (unpaired) electrons. The van der Waals surface area contributed by atoms with Gasteiger partial charge in [0.15, 0.2) is 6.54 Å². The number of fused-ring (bicyclic) bond motifs is 3. The predicted octanol–water partition coefficient (Wildman–Crippen LogP) is 5.01. The quantitative estimate of drug-likeness (QED) is 0.0596. The lowest BCUT2D eigenvalue weighted by atomic mass is 9.98. The second-order valence-electron chi connectivity index (χ2n) is 7.94. The van der Waals surface area contributed by atoms with Crippen LogP contribution in [0.5, 0.6) is 0 Å². The van der Waals surface area contributed by atoms with Gasteiger partial charge in [0.25, 0.3) is 0 Å². The Morgan fingerprint density at radius 3 is 2.59 bits per heavy atom. The SMILES string of the molecule is [N-]=[N+]=Nc1ccc2c(c1)c(-c1ccccc1)[n+](CCCSCC(N)C(=O)O)c1cc(N)ccc21. The first kappa shape index (κ1) is 23.4. The van der Waals surface area contributed by atoms with Crippen LogP contribution in [0.4, 0.5) is 11.4 Å². The summed E-state index contributed by atoms with van der Waals surface area (Å²) in [6, 6.07) is 20.8. The molecular formula is C25H25N6O2S+. The number of nitrogens with two attached hydrogens (primary N) is 2. The number of aromatic nitrogens is 1. The van der Waals surface area contributed by atoms with E-state index in [0.717, 1.165) is 45.1 Å². The number of azide groups is 1. The summed E-state index contributed by atoms with van der Waals surface area (Å²) in [7, 11) is 0. The van der Waals surface area contributed by atoms with Crippen LogP contribution in [-0.4, -0.2) is 28.6 Å². The van der Waals surface area contributed by atoms with Crippen molar-refractivity contribution in [2.75, 3.05) is 17.2 Å². The third kappa shape index (κ3) is 4.92. The number of hydrogen-bond acceptors (Lipinski definition) is 5. The van der Waals surface area contributed by atoms with Gasteiger partial charge in [0, 0.05) is 45.5 Å². The first-order valence-electron chi connectivity index (χ1n) is 10.8. The maximum absolute atomic E-state index is 11.0. The standard InChI is InChI=1S/C25H24N6O2S/c26-17-7-9-20-19-10-8-18(29-30-28)14-21(19)24(16-5-2-1-3-6-16)31(23(20)13-17)11-4-12-34-15-22(27)25(32)33/h1-3,5-10,13-14,22,26H,4,11-12,15,27H2,(H,32,33)/p+1. The van der Waals surface area contributed by atoms with Crippen LogP contribution in [0.15, 0.2) is 71.8 Å². The van der Waals surface area contributed by atoms with Crippen LogP contribution in [0.2, 0.25) is 0 Å². The molecule has 0 saturated heterocycles. The van der Waals surface area contributed by atoms with Crippen molar-refractivity contribution in [3.63, 3.8) is 0 Å². The molecule has 0 amide bonds. The molecule has 0 aliphatic heterocycles. The summed E-state index contributed by atoms with van der Waals surface area (Å²) in [5.74, 6) is 0.148. The fourth-order valence-electron chi connectivity index (χ4n) is 4.09. The number of carboxylic acids is 1. The minimum absolute atomic E-state index is 0.368. The molecule has 1 aromatic heterocycles. The number of nitrogens with zero attached hydrogens (tertiary/aromatic N) is 4. The summed E-state index contributed by atoms with van der Waals surface area (Å²) in [6.45, 7) is 0.696. The lowest BCUT2D eigenvalue weighted by Gasteiger charge is -2.13. The Morgan fingerprint density at radius 2 is 1.85 bits per heavy atom. The van der Waals surface area contributed by atoms with Crippen molar-refractivity contribution in [3.05, 3.63) is 77.2 Å². The Hall–Kier alpha value is -3.78. The van der Waals surface area contributed by atoms with Crippen LogP contribution in [0.25, 0.3) is 43.4 Å². The van der Waals surface area contributed by atoms with E-state index in [0.29, 0.717) is 23.7 Å². The van der Waals surface area contributed by atoms with E-state index in [9.17, 15) is 4.79 Å². The van der Waals surface area contributed by atoms with Gasteiger partial charge < -0.3 is 16.6 Å². The van der Waals surface area contributed by atoms with E-state index in [2.05, 4.69) is 26.7 Å². The first-order chi connectivity index (χ1) is 16.5. The van der Waals surface area contributed by atoms with Crippen molar-refractivity contribution in [2.24, 2.45) is 10.8 Å². The minimum Gasteiger partial charge on any atom is -0.480 e. The maximum Gasteiger partial charge on any atom is 0.321 e. The van der Waals surface area contributed by atoms with Gasteiger partial charge in [0.1, 0.15) is 6.04 Å². The van der Waals surface area contributed by atoms with E-state index in [-0.39, 0.29) is 0 Å². The topological polar surface area (TPSA) is 142 Å². The van der Waals surface area contributed by atoms with E-state index >= 15 is 0 Å². The van der Waals surface area contributed by atoms with E-state index in [1.165, 1.54) is 11.8 Å². The average Bonchev–Trinajstić information content (AvgIpc) is 2.84. The number of carboxylic acid groups (broad SMARTS) is 1. The summed E-state index contributed by atoms with van der Waals surface area (Å²) in [6.07, 6.45) is 0.812. The number of nitrogen functional groups attached to an aromatic ring is 1. The Balaban J connectivity index is 1.86. The third-order valence-electron chi connectivity index (χ3n) is 5.62. The van der Waals surface area contributed by atoms with Gasteiger partial charge in [-0.1, -0.05) is 35.4 Å². The summed E-state index contributed by atoms with van der Waals surface area (Å²) >= 11 is 1.53. The van der Waals surface area contributed by atoms with Crippen LogP contribution < -0.4 is 16.0 Å². The van der Waals surface area contributed by atoms with E-state index in [1.807, 2.05) is 54.6 Å². The number of thioether (sulfide) groups is 1. The average molecular weight is 474 g/mol. The molecule has 8 nitrogen and oxygen atoms in total. The van der Waals surface area contributed by atoms with Crippen LogP contribution in [0.1, 0.15) is 6.42 Å². The number of hydrogen-bond donors (Lipinski definition) is 3. The molecular weight excluding hydrogens is 448 g/mol. The highest BCUT2D eigenvalue weighted by Crippen LogP contribution is 2.34. The molecule has 1 heterocycles. The van der Waals surface area contributed by atoms with Gasteiger partial charge in [-0.3, -0.25) is 4.79 Å². The van der Waals surface area contributed by atoms with Crippen LogP contribution in [0.3, 0.4) is 0 Å². The van der Waals surface area contributed by atoms with Gasteiger partial charge in [-0.05, 0) is 41.6 Å². The first-order valence-corrected chi connectivity index (χ1v) is 12.0. The van der Waals surface area contributed by atoms with Gasteiger partial charge in [0.2, 0.25) is 11.2 Å². The van der Waals surface area contributed by atoms with Crippen molar-refractivity contribution in [1.82, 2.24) is 0 Å². The molecule has 0 aliphatic rings. The highest BCUT2D eigenvalue weighted by Gasteiger charge is 2.23. The van der Waals surface area contributed by atoms with Gasteiger partial charge in [-0.25, -0.2) is 0 Å². The summed E-state index contributed by atoms with van der Waals surface area (Å²) in [5, 5.41) is 15.9. The zero-order chi connectivity index (χ0) is 24.1. The molecule has 3 aromatic carbocycles. The summed E-state index contributed by atoms with van der Waals surface area (Å²) < 4.78 is 2.25. The van der Waals surface area contributed by atoms with Crippen molar-refractivity contribution < 1.29 is 14.5 Å². The Bertz CT molecular complexity index is 1400. The second-order valence-corrected chi connectivity index (χ2v) is 9.09. The lowest BCUT2D eigenvalue weighted by molar-refractivity contribution is -0.659. The molecule has 4 rings (SSSR count). The molecule has 0 bridgehead atoms. The number of aliphatic carboxylic acids is 1. The van der Waals surface area contributed by atoms with Crippen LogP contribution in [0, 0.1) is 0 Å². The van der Waals surface area contributed by atoms with Crippen molar-refractivity contribution in [1.29, 1.82) is 0 Å². The largest absolute Gasteiger partial charge is 0.480 e. The summed E-state index contributed by atoms with van der Waals surface area (Å²) in [4.78, 5) is 13.9. The second kappa shape index (κ2) is 10.4. The van der Waals surface area contributed by atoms with E-state index < -0.39 is 12.0 Å². The molecule has 4 aromatic rings. The smallest absolute Gasteiger partial charge is 0.321 e. The molecule has 1 unspecified atom stereocenters. The number of benzene rings is 3. The fourth-order valence-corrected chi connectivity index (χ4v) is 4.98. The van der Waals surface area contributed by atoms with Gasteiger partial charge in [0.05, 0.1) is 10.8 Å². The van der Waals surface area contributed by atoms with Gasteiger partial charge in [-0.15, -0.1) is 0 Å². The van der Waals surface area contributed by atoms with Gasteiger partial charge >= 0.3 is 5.97 Å². The van der Waals surface area contributed by atoms with Gasteiger partial charge in [-0.2, -0.15) is 16.3 Å². The minimum atomic E-state index is -0.986. The van der Waals surface area contributed by atoms with Crippen molar-refractivity contribution >= 4 is 50.8 Å². The van der Waals surface area contributed by atoms with E-state index in [4.69, 9.17) is 22.1 Å². The Kier molecular flexibility index (Phi) is 7.18. The number of carbonyl (C=O) groups is 1. The number of anilines is 1. The molecule has 172 valence electrons. The molecule has 0 spiro atoms. The number of pyridine rings is 1. The molecule has 1 atom stereocenters. The monoisotopic (exact) mass is 473 g/mol. The molecule has 9 heteroatoms. The van der Waals surface area contributed by atoms with Crippen LogP contribution >= 0.6 is 11.8 Å². The zero-order valence-corrected chi connectivity index (χ0v) is 19.3. The maximum atomic E-state index is 11.0. The van der Waals surface area contributed by atoms with Crippen LogP contribution in [-0.2, 0) is 11.3 Å². The van der Waals surface area contributed by atoms with E-state index in [1.54, 1.807) is 0 Å². The Labute approximate surface area is 200 Å². The fraction of sp³-hybridized carbons (Fsp3) is 0.200. The molecule has 34 heavy (non-hydrogen) atoms. The molecule has 0 saturated carbocycles. The van der Waals surface area contributed by atoms with Crippen molar-refractivity contribution in [2.45, 2.75) is 19.0 Å². The molecule has 0 fully saturated rings.